The Morgan fingerprint density at radius 1 is 1.26 bits per heavy atom. The van der Waals surface area contributed by atoms with E-state index >= 15 is 0 Å². The van der Waals surface area contributed by atoms with Gasteiger partial charge in [0, 0.05) is 25.4 Å². The minimum atomic E-state index is -0.862. The molecule has 4 unspecified atom stereocenters. The number of amides is 1. The topological polar surface area (TPSA) is 40.5 Å². The number of hydrogen-bond donors (Lipinski definition) is 1. The van der Waals surface area contributed by atoms with Crippen LogP contribution in [0.15, 0.2) is 18.2 Å². The van der Waals surface area contributed by atoms with Gasteiger partial charge in [0.25, 0.3) is 0 Å². The second kappa shape index (κ2) is 6.56. The van der Waals surface area contributed by atoms with E-state index in [0.717, 1.165) is 31.7 Å². The van der Waals surface area contributed by atoms with Gasteiger partial charge in [-0.2, -0.15) is 0 Å². The van der Waals surface area contributed by atoms with Crippen LogP contribution in [0.5, 0.6) is 0 Å². The molecule has 0 spiro atoms. The molecule has 3 nitrogen and oxygen atoms in total. The van der Waals surface area contributed by atoms with E-state index < -0.39 is 11.6 Å². The molecule has 5 heteroatoms. The number of hydrogen-bond acceptors (Lipinski definition) is 2. The van der Waals surface area contributed by atoms with Crippen LogP contribution in [-0.4, -0.2) is 35.6 Å². The van der Waals surface area contributed by atoms with Crippen molar-refractivity contribution in [1.82, 2.24) is 4.90 Å². The molecule has 2 saturated carbocycles. The van der Waals surface area contributed by atoms with E-state index in [9.17, 15) is 18.7 Å². The minimum absolute atomic E-state index is 0.0173. The molecule has 2 aliphatic rings. The Bertz CT molecular complexity index is 592. The first-order valence-corrected chi connectivity index (χ1v) is 8.35. The molecule has 2 aliphatic carbocycles. The van der Waals surface area contributed by atoms with Crippen LogP contribution in [0.25, 0.3) is 0 Å². The van der Waals surface area contributed by atoms with Gasteiger partial charge in [0.15, 0.2) is 11.6 Å². The highest BCUT2D eigenvalue weighted by molar-refractivity contribution is 5.82. The fraction of sp³-hybridized carbons (Fsp3) is 0.611. The van der Waals surface area contributed by atoms with Crippen molar-refractivity contribution in [2.24, 2.45) is 11.8 Å². The molecule has 1 aromatic carbocycles. The van der Waals surface area contributed by atoms with E-state index in [4.69, 9.17) is 0 Å². The molecular formula is C18H23F2NO2. The largest absolute Gasteiger partial charge is 0.393 e. The molecule has 1 N–H and O–H groups in total. The monoisotopic (exact) mass is 323 g/mol. The van der Waals surface area contributed by atoms with Gasteiger partial charge in [0.1, 0.15) is 0 Å². The third kappa shape index (κ3) is 3.55. The molecule has 23 heavy (non-hydrogen) atoms. The van der Waals surface area contributed by atoms with Gasteiger partial charge in [0.2, 0.25) is 5.91 Å². The van der Waals surface area contributed by atoms with E-state index in [-0.39, 0.29) is 29.8 Å². The summed E-state index contributed by atoms with van der Waals surface area (Å²) < 4.78 is 26.3. The van der Waals surface area contributed by atoms with Gasteiger partial charge < -0.3 is 10.0 Å². The number of carbonyl (C=O) groups is 1. The summed E-state index contributed by atoms with van der Waals surface area (Å²) >= 11 is 0. The van der Waals surface area contributed by atoms with Crippen LogP contribution in [0.1, 0.15) is 43.6 Å². The quantitative estimate of drug-likeness (QED) is 0.925. The Morgan fingerprint density at radius 2 is 2.00 bits per heavy atom. The van der Waals surface area contributed by atoms with Gasteiger partial charge in [-0.3, -0.25) is 4.79 Å². The number of aliphatic hydroxyl groups excluding tert-OH is 1. The van der Waals surface area contributed by atoms with Crippen LogP contribution in [0, 0.1) is 23.5 Å². The summed E-state index contributed by atoms with van der Waals surface area (Å²) in [5.74, 6) is -1.70. The maximum Gasteiger partial charge on any atom is 0.226 e. The van der Waals surface area contributed by atoms with Crippen molar-refractivity contribution >= 4 is 5.91 Å². The molecule has 0 saturated heterocycles. The first-order chi connectivity index (χ1) is 11.0. The number of benzene rings is 1. The predicted molar refractivity (Wildman–Crippen MR) is 82.8 cm³/mol. The lowest BCUT2D eigenvalue weighted by Gasteiger charge is -2.31. The van der Waals surface area contributed by atoms with E-state index in [1.54, 1.807) is 18.0 Å². The van der Waals surface area contributed by atoms with Gasteiger partial charge in [0.05, 0.1) is 6.10 Å². The summed E-state index contributed by atoms with van der Waals surface area (Å²) in [5.41, 5.74) is 0.688. The van der Waals surface area contributed by atoms with Gasteiger partial charge in [-0.1, -0.05) is 18.9 Å². The fourth-order valence-electron chi connectivity index (χ4n) is 3.71. The molecule has 0 heterocycles. The SMILES string of the molecule is CN(CC1CCCCC1O)C(=O)C1CC1c1ccc(F)c(F)c1. The van der Waals surface area contributed by atoms with Crippen molar-refractivity contribution in [3.05, 3.63) is 35.4 Å². The van der Waals surface area contributed by atoms with Gasteiger partial charge >= 0.3 is 0 Å². The Labute approximate surface area is 135 Å². The molecule has 0 radical (unpaired) electrons. The zero-order chi connectivity index (χ0) is 16.6. The molecule has 1 aromatic rings. The van der Waals surface area contributed by atoms with Crippen LogP contribution in [0.3, 0.4) is 0 Å². The Kier molecular flexibility index (Phi) is 4.67. The smallest absolute Gasteiger partial charge is 0.226 e. The van der Waals surface area contributed by atoms with Crippen molar-refractivity contribution in [1.29, 1.82) is 0 Å². The Hall–Kier alpha value is -1.49. The first-order valence-electron chi connectivity index (χ1n) is 8.35. The predicted octanol–water partition coefficient (Wildman–Crippen LogP) is 3.08. The summed E-state index contributed by atoms with van der Waals surface area (Å²) in [6.07, 6.45) is 4.28. The van der Waals surface area contributed by atoms with Gasteiger partial charge in [-0.05, 0) is 42.9 Å². The van der Waals surface area contributed by atoms with Crippen LogP contribution in [0.4, 0.5) is 8.78 Å². The average molecular weight is 323 g/mol. The number of aliphatic hydroxyl groups is 1. The number of rotatable bonds is 4. The third-order valence-corrected chi connectivity index (χ3v) is 5.23. The normalized spacial score (nSPS) is 30.1. The van der Waals surface area contributed by atoms with Crippen molar-refractivity contribution < 1.29 is 18.7 Å². The van der Waals surface area contributed by atoms with Crippen molar-refractivity contribution in [3.63, 3.8) is 0 Å². The highest BCUT2D eigenvalue weighted by Gasteiger charge is 2.45. The summed E-state index contributed by atoms with van der Waals surface area (Å²) in [6, 6.07) is 3.87. The Balaban J connectivity index is 1.57. The lowest BCUT2D eigenvalue weighted by atomic mass is 9.86. The molecule has 0 bridgehead atoms. The lowest BCUT2D eigenvalue weighted by Crippen LogP contribution is -2.38. The van der Waals surface area contributed by atoms with Crippen molar-refractivity contribution in [2.45, 2.75) is 44.1 Å². The highest BCUT2D eigenvalue weighted by Crippen LogP contribution is 2.48. The zero-order valence-corrected chi connectivity index (χ0v) is 13.3. The fourth-order valence-corrected chi connectivity index (χ4v) is 3.71. The molecule has 2 fully saturated rings. The van der Waals surface area contributed by atoms with Crippen molar-refractivity contribution in [2.75, 3.05) is 13.6 Å². The summed E-state index contributed by atoms with van der Waals surface area (Å²) in [6.45, 7) is 0.570. The van der Waals surface area contributed by atoms with Crippen LogP contribution in [0.2, 0.25) is 0 Å². The lowest BCUT2D eigenvalue weighted by molar-refractivity contribution is -0.132. The molecule has 3 rings (SSSR count). The number of nitrogens with zero attached hydrogens (tertiary/aromatic N) is 1. The van der Waals surface area contributed by atoms with E-state index in [1.165, 1.54) is 6.07 Å². The summed E-state index contributed by atoms with van der Waals surface area (Å²) in [5, 5.41) is 10.0. The number of halogens is 2. The molecule has 0 aliphatic heterocycles. The van der Waals surface area contributed by atoms with E-state index in [1.807, 2.05) is 0 Å². The zero-order valence-electron chi connectivity index (χ0n) is 13.3. The first kappa shape index (κ1) is 16.4. The van der Waals surface area contributed by atoms with Crippen LogP contribution >= 0.6 is 0 Å². The maximum atomic E-state index is 13.3. The van der Waals surface area contributed by atoms with Crippen molar-refractivity contribution in [3.8, 4) is 0 Å². The molecule has 0 aromatic heterocycles. The van der Waals surface area contributed by atoms with Gasteiger partial charge in [-0.25, -0.2) is 8.78 Å². The molecule has 126 valence electrons. The summed E-state index contributed by atoms with van der Waals surface area (Å²) in [7, 11) is 1.77. The Morgan fingerprint density at radius 3 is 2.70 bits per heavy atom. The van der Waals surface area contributed by atoms with E-state index in [2.05, 4.69) is 0 Å². The third-order valence-electron chi connectivity index (χ3n) is 5.23. The second-order valence-electron chi connectivity index (χ2n) is 6.95. The maximum absolute atomic E-state index is 13.3. The standard InChI is InChI=1S/C18H23F2NO2/c1-21(10-12-4-2-3-5-17(12)22)18(23)14-9-13(14)11-6-7-15(19)16(20)8-11/h6-8,12-14,17,22H,2-5,9-10H2,1H3. The van der Waals surface area contributed by atoms with Crippen LogP contribution < -0.4 is 0 Å². The molecule has 4 atom stereocenters. The minimum Gasteiger partial charge on any atom is -0.393 e. The van der Waals surface area contributed by atoms with Crippen LogP contribution in [-0.2, 0) is 4.79 Å². The second-order valence-corrected chi connectivity index (χ2v) is 6.95. The average Bonchev–Trinajstić information content (AvgIpc) is 3.32. The molecular weight excluding hydrogens is 300 g/mol. The highest BCUT2D eigenvalue weighted by atomic mass is 19.2. The van der Waals surface area contributed by atoms with Gasteiger partial charge in [-0.15, -0.1) is 0 Å². The van der Waals surface area contributed by atoms with E-state index in [0.29, 0.717) is 18.5 Å². The number of carbonyl (C=O) groups excluding carboxylic acids is 1. The summed E-state index contributed by atoms with van der Waals surface area (Å²) in [4.78, 5) is 14.2. The molecule has 1 amide bonds.